The highest BCUT2D eigenvalue weighted by atomic mass is 16.5. The summed E-state index contributed by atoms with van der Waals surface area (Å²) in [4.78, 5) is 2.38. The number of nitrogens with zero attached hydrogens (tertiary/aromatic N) is 1. The van der Waals surface area contributed by atoms with Crippen molar-refractivity contribution < 1.29 is 4.74 Å². The van der Waals surface area contributed by atoms with E-state index in [2.05, 4.69) is 37.9 Å². The lowest BCUT2D eigenvalue weighted by molar-refractivity contribution is 0.0623. The highest BCUT2D eigenvalue weighted by Gasteiger charge is 2.44. The third kappa shape index (κ3) is 3.95. The van der Waals surface area contributed by atoms with Gasteiger partial charge in [-0.25, -0.2) is 0 Å². The first kappa shape index (κ1) is 14.4. The normalized spacial score (nSPS) is 17.1. The Morgan fingerprint density at radius 3 is 2.42 bits per heavy atom. The van der Waals surface area contributed by atoms with Crippen LogP contribution in [0.4, 0.5) is 5.69 Å². The van der Waals surface area contributed by atoms with Gasteiger partial charge in [0.1, 0.15) is 0 Å². The number of hydrogen-bond donors (Lipinski definition) is 1. The lowest BCUT2D eigenvalue weighted by Gasteiger charge is -2.24. The molecule has 0 spiro atoms. The average Bonchev–Trinajstić information content (AvgIpc) is 3.10. The lowest BCUT2D eigenvalue weighted by atomic mass is 9.95. The molecule has 1 saturated carbocycles. The molecule has 106 valence electrons. The first-order valence-electron chi connectivity index (χ1n) is 7.18. The standard InChI is InChI=1S/C16H26N2O/c1-13(2)19-11-10-18(3)12-16(8-9-16)14-4-6-15(17)7-5-14/h4-7,13H,8-12,17H2,1-3H3. The summed E-state index contributed by atoms with van der Waals surface area (Å²) in [6, 6.07) is 8.39. The lowest BCUT2D eigenvalue weighted by Crippen LogP contribution is -2.32. The van der Waals surface area contributed by atoms with E-state index in [1.54, 1.807) is 0 Å². The summed E-state index contributed by atoms with van der Waals surface area (Å²) in [6.45, 7) is 7.08. The highest BCUT2D eigenvalue weighted by molar-refractivity contribution is 5.43. The molecule has 1 aliphatic carbocycles. The molecule has 2 N–H and O–H groups in total. The molecule has 1 aromatic carbocycles. The quantitative estimate of drug-likeness (QED) is 0.768. The van der Waals surface area contributed by atoms with Crippen LogP contribution >= 0.6 is 0 Å². The minimum atomic E-state index is 0.320. The van der Waals surface area contributed by atoms with Crippen molar-refractivity contribution >= 4 is 5.69 Å². The van der Waals surface area contributed by atoms with E-state index in [4.69, 9.17) is 10.5 Å². The van der Waals surface area contributed by atoms with Crippen LogP contribution < -0.4 is 5.73 Å². The molecule has 3 heteroatoms. The smallest absolute Gasteiger partial charge is 0.0596 e. The minimum Gasteiger partial charge on any atom is -0.399 e. The van der Waals surface area contributed by atoms with Gasteiger partial charge in [-0.2, -0.15) is 0 Å². The molecule has 2 rings (SSSR count). The van der Waals surface area contributed by atoms with E-state index in [0.717, 1.165) is 25.4 Å². The fourth-order valence-electron chi connectivity index (χ4n) is 2.57. The van der Waals surface area contributed by atoms with Gasteiger partial charge in [0.05, 0.1) is 12.7 Å². The molecule has 0 aromatic heterocycles. The Kier molecular flexibility index (Phi) is 4.48. The summed E-state index contributed by atoms with van der Waals surface area (Å²) < 4.78 is 5.61. The second kappa shape index (κ2) is 5.93. The van der Waals surface area contributed by atoms with Gasteiger partial charge in [-0.05, 0) is 51.4 Å². The molecule has 0 amide bonds. The van der Waals surface area contributed by atoms with Crippen molar-refractivity contribution in [3.8, 4) is 0 Å². The topological polar surface area (TPSA) is 38.5 Å². The fourth-order valence-corrected chi connectivity index (χ4v) is 2.57. The van der Waals surface area contributed by atoms with Crippen LogP contribution in [0.3, 0.4) is 0 Å². The van der Waals surface area contributed by atoms with Gasteiger partial charge in [0, 0.05) is 24.2 Å². The molecule has 0 radical (unpaired) electrons. The molecule has 0 unspecified atom stereocenters. The summed E-state index contributed by atoms with van der Waals surface area (Å²) in [5, 5.41) is 0. The van der Waals surface area contributed by atoms with E-state index in [1.165, 1.54) is 18.4 Å². The number of benzene rings is 1. The van der Waals surface area contributed by atoms with Crippen molar-refractivity contribution in [2.24, 2.45) is 0 Å². The number of hydrogen-bond acceptors (Lipinski definition) is 3. The van der Waals surface area contributed by atoms with Gasteiger partial charge in [0.2, 0.25) is 0 Å². The maximum absolute atomic E-state index is 5.76. The second-order valence-corrected chi connectivity index (χ2v) is 6.06. The molecule has 3 nitrogen and oxygen atoms in total. The SMILES string of the molecule is CC(C)OCCN(C)CC1(c2ccc(N)cc2)CC1. The summed E-state index contributed by atoms with van der Waals surface area (Å²) in [5.74, 6) is 0. The zero-order valence-corrected chi connectivity index (χ0v) is 12.4. The van der Waals surface area contributed by atoms with Crippen molar-refractivity contribution in [3.05, 3.63) is 29.8 Å². The van der Waals surface area contributed by atoms with Gasteiger partial charge in [-0.15, -0.1) is 0 Å². The third-order valence-corrected chi connectivity index (χ3v) is 3.87. The number of ether oxygens (including phenoxy) is 1. The number of rotatable bonds is 7. The van der Waals surface area contributed by atoms with E-state index in [9.17, 15) is 0 Å². The Hall–Kier alpha value is -1.06. The fraction of sp³-hybridized carbons (Fsp3) is 0.625. The molecule has 0 aliphatic heterocycles. The number of nitrogens with two attached hydrogens (primary N) is 1. The molecular weight excluding hydrogens is 236 g/mol. The summed E-state index contributed by atoms with van der Waals surface area (Å²) >= 11 is 0. The predicted octanol–water partition coefficient (Wildman–Crippen LogP) is 2.66. The van der Waals surface area contributed by atoms with Crippen LogP contribution in [0.25, 0.3) is 0 Å². The monoisotopic (exact) mass is 262 g/mol. The van der Waals surface area contributed by atoms with Gasteiger partial charge in [0.25, 0.3) is 0 Å². The Labute approximate surface area is 116 Å². The van der Waals surface area contributed by atoms with E-state index < -0.39 is 0 Å². The largest absolute Gasteiger partial charge is 0.399 e. The molecule has 0 bridgehead atoms. The third-order valence-electron chi connectivity index (χ3n) is 3.87. The van der Waals surface area contributed by atoms with Crippen LogP contribution in [0.1, 0.15) is 32.3 Å². The summed E-state index contributed by atoms with van der Waals surface area (Å²) in [7, 11) is 2.18. The number of anilines is 1. The van der Waals surface area contributed by atoms with E-state index in [0.29, 0.717) is 11.5 Å². The van der Waals surface area contributed by atoms with Gasteiger partial charge in [-0.3, -0.25) is 0 Å². The zero-order chi connectivity index (χ0) is 13.9. The number of likely N-dealkylation sites (N-methyl/N-ethyl adjacent to an activating group) is 1. The van der Waals surface area contributed by atoms with Gasteiger partial charge in [0.15, 0.2) is 0 Å². The van der Waals surface area contributed by atoms with Gasteiger partial charge < -0.3 is 15.4 Å². The Balaban J connectivity index is 1.86. The predicted molar refractivity (Wildman–Crippen MR) is 80.4 cm³/mol. The molecular formula is C16H26N2O. The van der Waals surface area contributed by atoms with Crippen LogP contribution in [-0.4, -0.2) is 37.7 Å². The Morgan fingerprint density at radius 2 is 1.89 bits per heavy atom. The van der Waals surface area contributed by atoms with Crippen molar-refractivity contribution in [2.45, 2.75) is 38.2 Å². The molecule has 0 atom stereocenters. The van der Waals surface area contributed by atoms with E-state index in [-0.39, 0.29) is 0 Å². The van der Waals surface area contributed by atoms with Crippen molar-refractivity contribution in [2.75, 3.05) is 32.5 Å². The van der Waals surface area contributed by atoms with E-state index >= 15 is 0 Å². The van der Waals surface area contributed by atoms with Crippen LogP contribution in [-0.2, 0) is 10.2 Å². The Morgan fingerprint density at radius 1 is 1.26 bits per heavy atom. The Bertz CT molecular complexity index is 396. The maximum Gasteiger partial charge on any atom is 0.0596 e. The molecule has 1 aliphatic rings. The van der Waals surface area contributed by atoms with E-state index in [1.807, 2.05) is 12.1 Å². The first-order valence-corrected chi connectivity index (χ1v) is 7.18. The average molecular weight is 262 g/mol. The van der Waals surface area contributed by atoms with Crippen LogP contribution in [0, 0.1) is 0 Å². The first-order chi connectivity index (χ1) is 9.02. The highest BCUT2D eigenvalue weighted by Crippen LogP contribution is 2.48. The van der Waals surface area contributed by atoms with Crippen LogP contribution in [0.5, 0.6) is 0 Å². The molecule has 0 saturated heterocycles. The summed E-state index contributed by atoms with van der Waals surface area (Å²) in [6.07, 6.45) is 2.89. The van der Waals surface area contributed by atoms with Gasteiger partial charge in [-0.1, -0.05) is 12.1 Å². The van der Waals surface area contributed by atoms with Crippen molar-refractivity contribution in [1.29, 1.82) is 0 Å². The molecule has 1 aromatic rings. The second-order valence-electron chi connectivity index (χ2n) is 6.06. The number of nitrogen functional groups attached to an aromatic ring is 1. The van der Waals surface area contributed by atoms with Crippen molar-refractivity contribution in [1.82, 2.24) is 4.90 Å². The van der Waals surface area contributed by atoms with Crippen LogP contribution in [0.2, 0.25) is 0 Å². The minimum absolute atomic E-state index is 0.320. The van der Waals surface area contributed by atoms with Crippen LogP contribution in [0.15, 0.2) is 24.3 Å². The molecule has 1 fully saturated rings. The zero-order valence-electron chi connectivity index (χ0n) is 12.4. The van der Waals surface area contributed by atoms with Crippen molar-refractivity contribution in [3.63, 3.8) is 0 Å². The summed E-state index contributed by atoms with van der Waals surface area (Å²) in [5.41, 5.74) is 8.39. The molecule has 0 heterocycles. The van der Waals surface area contributed by atoms with Gasteiger partial charge >= 0.3 is 0 Å². The maximum atomic E-state index is 5.76. The molecule has 19 heavy (non-hydrogen) atoms.